The number of methoxy groups -OCH3 is 1. The summed E-state index contributed by atoms with van der Waals surface area (Å²) in [6.45, 7) is 0.607. The number of esters is 1. The minimum Gasteiger partial charge on any atom is -0.465 e. The Balaban J connectivity index is 1.57. The third kappa shape index (κ3) is 5.38. The number of nitrogens with zero attached hydrogens (tertiary/aromatic N) is 3. The predicted molar refractivity (Wildman–Crippen MR) is 110 cm³/mol. The number of amides is 1. The third-order valence-electron chi connectivity index (χ3n) is 4.42. The molecule has 0 aliphatic heterocycles. The molecule has 3 aromatic rings. The van der Waals surface area contributed by atoms with Crippen molar-refractivity contribution in [1.29, 1.82) is 0 Å². The van der Waals surface area contributed by atoms with Gasteiger partial charge in [-0.15, -0.1) is 0 Å². The van der Waals surface area contributed by atoms with Crippen molar-refractivity contribution in [3.63, 3.8) is 0 Å². The summed E-state index contributed by atoms with van der Waals surface area (Å²) < 4.78 is 4.68. The molecule has 1 N–H and O–H groups in total. The van der Waals surface area contributed by atoms with Crippen molar-refractivity contribution in [2.75, 3.05) is 26.0 Å². The molecular weight excluding hydrogens is 368 g/mol. The molecule has 0 saturated carbocycles. The molecule has 3 rings (SSSR count). The SMILES string of the molecule is COC(=O)c1ccc(Nc2ccc(C(=O)N(C)CCc3ccncc3)cn2)cc1. The molecule has 0 aliphatic rings. The van der Waals surface area contributed by atoms with E-state index in [-0.39, 0.29) is 11.9 Å². The van der Waals surface area contributed by atoms with Crippen LogP contribution in [0, 0.1) is 0 Å². The van der Waals surface area contributed by atoms with Gasteiger partial charge >= 0.3 is 5.97 Å². The van der Waals surface area contributed by atoms with Gasteiger partial charge in [0, 0.05) is 37.9 Å². The average Bonchev–Trinajstić information content (AvgIpc) is 2.78. The number of aromatic nitrogens is 2. The van der Waals surface area contributed by atoms with Crippen molar-refractivity contribution in [2.45, 2.75) is 6.42 Å². The Kier molecular flexibility index (Phi) is 6.52. The van der Waals surface area contributed by atoms with Gasteiger partial charge < -0.3 is 15.0 Å². The number of carbonyl (C=O) groups excluding carboxylic acids is 2. The number of nitrogens with one attached hydrogen (secondary N) is 1. The summed E-state index contributed by atoms with van der Waals surface area (Å²) in [7, 11) is 3.12. The number of hydrogen-bond acceptors (Lipinski definition) is 6. The number of carbonyl (C=O) groups is 2. The van der Waals surface area contributed by atoms with Crippen LogP contribution in [0.1, 0.15) is 26.3 Å². The second-order valence-electron chi connectivity index (χ2n) is 6.46. The van der Waals surface area contributed by atoms with E-state index in [1.165, 1.54) is 7.11 Å². The molecule has 0 bridgehead atoms. The van der Waals surface area contributed by atoms with Crippen molar-refractivity contribution in [3.05, 3.63) is 83.8 Å². The number of benzene rings is 1. The molecule has 29 heavy (non-hydrogen) atoms. The van der Waals surface area contributed by atoms with Crippen LogP contribution in [0.5, 0.6) is 0 Å². The highest BCUT2D eigenvalue weighted by atomic mass is 16.5. The summed E-state index contributed by atoms with van der Waals surface area (Å²) in [6, 6.07) is 14.2. The fourth-order valence-corrected chi connectivity index (χ4v) is 2.72. The Labute approximate surface area is 169 Å². The van der Waals surface area contributed by atoms with Crippen LogP contribution in [0.3, 0.4) is 0 Å². The summed E-state index contributed by atoms with van der Waals surface area (Å²) in [5, 5.41) is 3.14. The molecule has 148 valence electrons. The fraction of sp³-hybridized carbons (Fsp3) is 0.182. The minimum atomic E-state index is -0.384. The van der Waals surface area contributed by atoms with Gasteiger partial charge in [-0.25, -0.2) is 9.78 Å². The number of pyridine rings is 2. The summed E-state index contributed by atoms with van der Waals surface area (Å²) in [5.41, 5.74) is 2.91. The first-order chi connectivity index (χ1) is 14.1. The Hall–Kier alpha value is -3.74. The topological polar surface area (TPSA) is 84.4 Å². The molecule has 0 unspecified atom stereocenters. The van der Waals surface area contributed by atoms with E-state index in [1.54, 1.807) is 66.9 Å². The van der Waals surface area contributed by atoms with Gasteiger partial charge in [-0.1, -0.05) is 0 Å². The van der Waals surface area contributed by atoms with Gasteiger partial charge in [0.15, 0.2) is 0 Å². The standard InChI is InChI=1S/C22H22N4O3/c1-26(14-11-16-9-12-23-13-10-16)21(27)18-5-8-20(24-15-18)25-19-6-3-17(4-7-19)22(28)29-2/h3-10,12-13,15H,11,14H2,1-2H3,(H,24,25). The smallest absolute Gasteiger partial charge is 0.337 e. The molecule has 1 amide bonds. The highest BCUT2D eigenvalue weighted by molar-refractivity contribution is 5.94. The van der Waals surface area contributed by atoms with E-state index >= 15 is 0 Å². The third-order valence-corrected chi connectivity index (χ3v) is 4.42. The molecule has 0 saturated heterocycles. The van der Waals surface area contributed by atoms with Gasteiger partial charge in [0.05, 0.1) is 18.2 Å². The van der Waals surface area contributed by atoms with E-state index in [2.05, 4.69) is 20.0 Å². The van der Waals surface area contributed by atoms with Crippen molar-refractivity contribution in [2.24, 2.45) is 0 Å². The first-order valence-electron chi connectivity index (χ1n) is 9.12. The average molecular weight is 390 g/mol. The van der Waals surface area contributed by atoms with Crippen LogP contribution in [0.4, 0.5) is 11.5 Å². The number of anilines is 2. The highest BCUT2D eigenvalue weighted by Gasteiger charge is 2.12. The molecule has 1 aromatic carbocycles. The van der Waals surface area contributed by atoms with Gasteiger partial charge in [-0.3, -0.25) is 9.78 Å². The number of hydrogen-bond donors (Lipinski definition) is 1. The lowest BCUT2D eigenvalue weighted by Gasteiger charge is -2.17. The predicted octanol–water partition coefficient (Wildman–Crippen LogP) is 3.32. The molecule has 7 nitrogen and oxygen atoms in total. The van der Waals surface area contributed by atoms with E-state index in [9.17, 15) is 9.59 Å². The molecule has 0 spiro atoms. The summed E-state index contributed by atoms with van der Waals surface area (Å²) in [4.78, 5) is 34.0. The Morgan fingerprint density at radius 2 is 1.69 bits per heavy atom. The van der Waals surface area contributed by atoms with Gasteiger partial charge in [0.25, 0.3) is 5.91 Å². The van der Waals surface area contributed by atoms with E-state index < -0.39 is 0 Å². The molecule has 0 fully saturated rings. The number of likely N-dealkylation sites (N-methyl/N-ethyl adjacent to an activating group) is 1. The molecule has 2 heterocycles. The Morgan fingerprint density at radius 3 is 2.31 bits per heavy atom. The largest absolute Gasteiger partial charge is 0.465 e. The Bertz CT molecular complexity index is 958. The van der Waals surface area contributed by atoms with Gasteiger partial charge in [-0.2, -0.15) is 0 Å². The molecule has 0 radical (unpaired) electrons. The second kappa shape index (κ2) is 9.45. The second-order valence-corrected chi connectivity index (χ2v) is 6.46. The van der Waals surface area contributed by atoms with Crippen LogP contribution in [-0.2, 0) is 11.2 Å². The summed E-state index contributed by atoms with van der Waals surface area (Å²) >= 11 is 0. The maximum absolute atomic E-state index is 12.6. The van der Waals surface area contributed by atoms with Crippen LogP contribution < -0.4 is 5.32 Å². The van der Waals surface area contributed by atoms with Crippen LogP contribution in [0.25, 0.3) is 0 Å². The van der Waals surface area contributed by atoms with Gasteiger partial charge in [0.1, 0.15) is 5.82 Å². The normalized spacial score (nSPS) is 10.3. The van der Waals surface area contributed by atoms with Crippen LogP contribution in [0.15, 0.2) is 67.1 Å². The van der Waals surface area contributed by atoms with Crippen LogP contribution in [0.2, 0.25) is 0 Å². The molecule has 2 aromatic heterocycles. The fourth-order valence-electron chi connectivity index (χ4n) is 2.72. The first kappa shape index (κ1) is 20.0. The maximum atomic E-state index is 12.6. The molecular formula is C22H22N4O3. The lowest BCUT2D eigenvalue weighted by Crippen LogP contribution is -2.28. The van der Waals surface area contributed by atoms with E-state index in [0.29, 0.717) is 23.5 Å². The number of rotatable bonds is 7. The lowest BCUT2D eigenvalue weighted by atomic mass is 10.2. The van der Waals surface area contributed by atoms with Crippen molar-refractivity contribution < 1.29 is 14.3 Å². The van der Waals surface area contributed by atoms with Crippen LogP contribution in [-0.4, -0.2) is 47.4 Å². The quantitative estimate of drug-likeness (QED) is 0.623. The highest BCUT2D eigenvalue weighted by Crippen LogP contribution is 2.16. The summed E-state index contributed by atoms with van der Waals surface area (Å²) in [6.07, 6.45) is 5.81. The minimum absolute atomic E-state index is 0.0828. The Morgan fingerprint density at radius 1 is 1.00 bits per heavy atom. The van der Waals surface area contributed by atoms with E-state index in [0.717, 1.165) is 17.7 Å². The zero-order chi connectivity index (χ0) is 20.6. The molecule has 0 aliphatic carbocycles. The monoisotopic (exact) mass is 390 g/mol. The number of ether oxygens (including phenoxy) is 1. The lowest BCUT2D eigenvalue weighted by molar-refractivity contribution is 0.0600. The zero-order valence-electron chi connectivity index (χ0n) is 16.3. The first-order valence-corrected chi connectivity index (χ1v) is 9.12. The molecule has 7 heteroatoms. The summed E-state index contributed by atoms with van der Waals surface area (Å²) in [5.74, 6) is 0.137. The van der Waals surface area contributed by atoms with Crippen molar-refractivity contribution in [3.8, 4) is 0 Å². The molecule has 0 atom stereocenters. The zero-order valence-corrected chi connectivity index (χ0v) is 16.3. The van der Waals surface area contributed by atoms with Crippen molar-refractivity contribution >= 4 is 23.4 Å². The van der Waals surface area contributed by atoms with E-state index in [1.807, 2.05) is 12.1 Å². The van der Waals surface area contributed by atoms with Gasteiger partial charge in [0.2, 0.25) is 0 Å². The maximum Gasteiger partial charge on any atom is 0.337 e. The van der Waals surface area contributed by atoms with Gasteiger partial charge in [-0.05, 0) is 60.5 Å². The van der Waals surface area contributed by atoms with Crippen LogP contribution >= 0.6 is 0 Å². The van der Waals surface area contributed by atoms with Crippen molar-refractivity contribution in [1.82, 2.24) is 14.9 Å². The van der Waals surface area contributed by atoms with E-state index in [4.69, 9.17) is 0 Å².